The molecule has 0 aliphatic carbocycles. The molecule has 0 spiro atoms. The topological polar surface area (TPSA) is 46.9 Å². The molecule has 0 fully saturated rings. The van der Waals surface area contributed by atoms with E-state index < -0.39 is 5.82 Å². The van der Waals surface area contributed by atoms with Crippen LogP contribution in [0.1, 0.15) is 10.5 Å². The number of benzene rings is 1. The minimum Gasteiger partial charge on any atom is -0.330 e. The maximum Gasteiger partial charge on any atom is 0.273 e. The smallest absolute Gasteiger partial charge is 0.273 e. The van der Waals surface area contributed by atoms with Crippen molar-refractivity contribution in [3.05, 3.63) is 47.3 Å². The lowest BCUT2D eigenvalue weighted by Gasteiger charge is -2.06. The van der Waals surface area contributed by atoms with E-state index in [0.29, 0.717) is 11.4 Å². The molecule has 1 N–H and O–H groups in total. The first-order valence-electron chi connectivity index (χ1n) is 4.80. The largest absolute Gasteiger partial charge is 0.330 e. The number of halogens is 2. The van der Waals surface area contributed by atoms with Gasteiger partial charge >= 0.3 is 0 Å². The Morgan fingerprint density at radius 2 is 2.29 bits per heavy atom. The maximum atomic E-state index is 12.9. The van der Waals surface area contributed by atoms with Crippen LogP contribution in [0.5, 0.6) is 0 Å². The molecule has 6 heteroatoms. The predicted molar refractivity (Wildman–Crippen MR) is 62.6 cm³/mol. The molecule has 0 aliphatic rings. The van der Waals surface area contributed by atoms with Crippen LogP contribution in [-0.4, -0.2) is 15.5 Å². The zero-order valence-electron chi connectivity index (χ0n) is 8.95. The van der Waals surface area contributed by atoms with Gasteiger partial charge in [0.2, 0.25) is 0 Å². The minimum absolute atomic E-state index is 0.0344. The highest BCUT2D eigenvalue weighted by atomic mass is 35.5. The number of aromatic nitrogens is 2. The van der Waals surface area contributed by atoms with Crippen LogP contribution in [0.2, 0.25) is 5.02 Å². The molecule has 0 unspecified atom stereocenters. The number of hydrogen-bond donors (Lipinski definition) is 1. The van der Waals surface area contributed by atoms with E-state index in [9.17, 15) is 9.18 Å². The Labute approximate surface area is 102 Å². The quantitative estimate of drug-likeness (QED) is 0.894. The second-order valence-electron chi connectivity index (χ2n) is 3.47. The Bertz CT molecular complexity index is 568. The van der Waals surface area contributed by atoms with Gasteiger partial charge in [0.05, 0.1) is 17.5 Å². The van der Waals surface area contributed by atoms with Gasteiger partial charge in [-0.25, -0.2) is 9.37 Å². The summed E-state index contributed by atoms with van der Waals surface area (Å²) < 4.78 is 14.5. The Morgan fingerprint density at radius 1 is 1.53 bits per heavy atom. The Balaban J connectivity index is 2.19. The molecule has 0 aliphatic heterocycles. The monoisotopic (exact) mass is 253 g/mol. The highest BCUT2D eigenvalue weighted by Gasteiger charge is 2.10. The summed E-state index contributed by atoms with van der Waals surface area (Å²) in [6.45, 7) is 0. The van der Waals surface area contributed by atoms with E-state index in [0.717, 1.165) is 0 Å². The molecule has 2 rings (SSSR count). The molecule has 1 heterocycles. The van der Waals surface area contributed by atoms with E-state index in [-0.39, 0.29) is 10.9 Å². The van der Waals surface area contributed by atoms with E-state index in [1.807, 2.05) is 0 Å². The van der Waals surface area contributed by atoms with Gasteiger partial charge in [-0.15, -0.1) is 0 Å². The van der Waals surface area contributed by atoms with E-state index in [4.69, 9.17) is 11.6 Å². The highest BCUT2D eigenvalue weighted by molar-refractivity contribution is 6.31. The van der Waals surface area contributed by atoms with Crippen LogP contribution in [0.3, 0.4) is 0 Å². The Hall–Kier alpha value is -1.88. The first-order chi connectivity index (χ1) is 8.08. The standard InChI is InChI=1S/C11H9ClFN3O/c1-16-6-14-5-10(16)11(17)15-7-2-3-9(13)8(12)4-7/h2-6H,1H3,(H,15,17). The third-order valence-corrected chi connectivity index (χ3v) is 2.52. The van der Waals surface area contributed by atoms with Crippen LogP contribution in [0.4, 0.5) is 10.1 Å². The van der Waals surface area contributed by atoms with Gasteiger partial charge in [0, 0.05) is 12.7 Å². The van der Waals surface area contributed by atoms with Crippen molar-refractivity contribution in [3.63, 3.8) is 0 Å². The number of anilines is 1. The van der Waals surface area contributed by atoms with Crippen LogP contribution in [0.25, 0.3) is 0 Å². The average molecular weight is 254 g/mol. The number of imidazole rings is 1. The second-order valence-corrected chi connectivity index (χ2v) is 3.88. The molecule has 17 heavy (non-hydrogen) atoms. The maximum absolute atomic E-state index is 12.9. The molecule has 1 aromatic carbocycles. The van der Waals surface area contributed by atoms with Gasteiger partial charge in [-0.1, -0.05) is 11.6 Å². The van der Waals surface area contributed by atoms with Crippen LogP contribution in [0.15, 0.2) is 30.7 Å². The van der Waals surface area contributed by atoms with E-state index in [2.05, 4.69) is 10.3 Å². The van der Waals surface area contributed by atoms with Crippen molar-refractivity contribution in [1.29, 1.82) is 0 Å². The highest BCUT2D eigenvalue weighted by Crippen LogP contribution is 2.19. The van der Waals surface area contributed by atoms with Crippen molar-refractivity contribution in [2.75, 3.05) is 5.32 Å². The van der Waals surface area contributed by atoms with Crippen LogP contribution in [-0.2, 0) is 7.05 Å². The lowest BCUT2D eigenvalue weighted by atomic mass is 10.3. The minimum atomic E-state index is -0.523. The molecule has 88 valence electrons. The Kier molecular flexibility index (Phi) is 3.10. The van der Waals surface area contributed by atoms with Crippen LogP contribution < -0.4 is 5.32 Å². The van der Waals surface area contributed by atoms with Crippen molar-refractivity contribution in [1.82, 2.24) is 9.55 Å². The summed E-state index contributed by atoms with van der Waals surface area (Å²) >= 11 is 5.61. The van der Waals surface area contributed by atoms with Crippen molar-refractivity contribution < 1.29 is 9.18 Å². The fourth-order valence-electron chi connectivity index (χ4n) is 1.35. The van der Waals surface area contributed by atoms with Crippen molar-refractivity contribution in [3.8, 4) is 0 Å². The fraction of sp³-hybridized carbons (Fsp3) is 0.0909. The molecule has 1 aromatic heterocycles. The van der Waals surface area contributed by atoms with Crippen molar-refractivity contribution in [2.45, 2.75) is 0 Å². The number of hydrogen-bond acceptors (Lipinski definition) is 2. The molecule has 2 aromatic rings. The molecular weight excluding hydrogens is 245 g/mol. The molecule has 0 bridgehead atoms. The number of nitrogens with zero attached hydrogens (tertiary/aromatic N) is 2. The van der Waals surface area contributed by atoms with Crippen molar-refractivity contribution in [2.24, 2.45) is 7.05 Å². The molecule has 4 nitrogen and oxygen atoms in total. The predicted octanol–water partition coefficient (Wildman–Crippen LogP) is 2.46. The summed E-state index contributed by atoms with van der Waals surface area (Å²) in [5.74, 6) is -0.849. The summed E-state index contributed by atoms with van der Waals surface area (Å²) in [6.07, 6.45) is 2.97. The Morgan fingerprint density at radius 3 is 2.88 bits per heavy atom. The molecular formula is C11H9ClFN3O. The van der Waals surface area contributed by atoms with E-state index >= 15 is 0 Å². The van der Waals surface area contributed by atoms with Crippen molar-refractivity contribution >= 4 is 23.2 Å². The number of carbonyl (C=O) groups is 1. The zero-order valence-corrected chi connectivity index (χ0v) is 9.70. The lowest BCUT2D eigenvalue weighted by molar-refractivity contribution is 0.101. The molecule has 0 atom stereocenters. The zero-order chi connectivity index (χ0) is 12.4. The van der Waals surface area contributed by atoms with Gasteiger partial charge in [0.25, 0.3) is 5.91 Å². The summed E-state index contributed by atoms with van der Waals surface area (Å²) in [5.41, 5.74) is 0.841. The number of amides is 1. The number of aryl methyl sites for hydroxylation is 1. The summed E-state index contributed by atoms with van der Waals surface area (Å²) in [4.78, 5) is 15.6. The average Bonchev–Trinajstić information content (AvgIpc) is 2.70. The van der Waals surface area contributed by atoms with Gasteiger partial charge < -0.3 is 9.88 Å². The molecule has 0 saturated heterocycles. The number of nitrogens with one attached hydrogen (secondary N) is 1. The molecule has 1 amide bonds. The lowest BCUT2D eigenvalue weighted by Crippen LogP contribution is -2.15. The molecule has 0 saturated carbocycles. The third-order valence-electron chi connectivity index (χ3n) is 2.23. The first-order valence-corrected chi connectivity index (χ1v) is 5.18. The van der Waals surface area contributed by atoms with Gasteiger partial charge in [0.15, 0.2) is 0 Å². The van der Waals surface area contributed by atoms with Crippen LogP contribution >= 0.6 is 11.6 Å². The summed E-state index contributed by atoms with van der Waals surface area (Å²) in [7, 11) is 1.71. The van der Waals surface area contributed by atoms with Crippen LogP contribution in [0, 0.1) is 5.82 Å². The SMILES string of the molecule is Cn1cncc1C(=O)Nc1ccc(F)c(Cl)c1. The van der Waals surface area contributed by atoms with Gasteiger partial charge in [-0.3, -0.25) is 4.79 Å². The second kappa shape index (κ2) is 4.55. The number of rotatable bonds is 2. The normalized spacial score (nSPS) is 10.3. The first kappa shape index (κ1) is 11.6. The van der Waals surface area contributed by atoms with Gasteiger partial charge in [-0.2, -0.15) is 0 Å². The summed E-state index contributed by atoms with van der Waals surface area (Å²) in [6, 6.07) is 3.99. The van der Waals surface area contributed by atoms with E-state index in [1.165, 1.54) is 30.7 Å². The summed E-state index contributed by atoms with van der Waals surface area (Å²) in [5, 5.41) is 2.57. The fourth-order valence-corrected chi connectivity index (χ4v) is 1.53. The van der Waals surface area contributed by atoms with Gasteiger partial charge in [-0.05, 0) is 18.2 Å². The van der Waals surface area contributed by atoms with Gasteiger partial charge in [0.1, 0.15) is 11.5 Å². The number of carbonyl (C=O) groups excluding carboxylic acids is 1. The molecule has 0 radical (unpaired) electrons. The van der Waals surface area contributed by atoms with E-state index in [1.54, 1.807) is 11.6 Å². The third kappa shape index (κ3) is 2.45.